The summed E-state index contributed by atoms with van der Waals surface area (Å²) < 4.78 is 7.52. The van der Waals surface area contributed by atoms with Crippen LogP contribution in [0.5, 0.6) is 0 Å². The number of rotatable bonds is 3. The summed E-state index contributed by atoms with van der Waals surface area (Å²) in [4.78, 5) is 7.94. The molecule has 0 aliphatic carbocycles. The van der Waals surface area contributed by atoms with E-state index in [9.17, 15) is 0 Å². The molecule has 108 valence electrons. The average Bonchev–Trinajstić information content (AvgIpc) is 3.08. The predicted molar refractivity (Wildman–Crippen MR) is 80.1 cm³/mol. The highest BCUT2D eigenvalue weighted by atomic mass is 32.2. The van der Waals surface area contributed by atoms with E-state index in [1.54, 1.807) is 11.8 Å². The molecule has 0 amide bonds. The molecule has 7 heteroatoms. The molecule has 2 aromatic heterocycles. The predicted octanol–water partition coefficient (Wildman–Crippen LogP) is 2.29. The molecule has 3 aromatic rings. The van der Waals surface area contributed by atoms with E-state index in [0.29, 0.717) is 6.61 Å². The van der Waals surface area contributed by atoms with Gasteiger partial charge in [-0.1, -0.05) is 17.8 Å². The van der Waals surface area contributed by atoms with Crippen LogP contribution in [-0.2, 0) is 23.6 Å². The van der Waals surface area contributed by atoms with Crippen LogP contribution in [0, 0.1) is 6.92 Å². The number of benzene rings is 1. The van der Waals surface area contributed by atoms with Crippen molar-refractivity contribution in [3.63, 3.8) is 0 Å². The van der Waals surface area contributed by atoms with Crippen LogP contribution in [0.1, 0.15) is 17.2 Å². The summed E-state index contributed by atoms with van der Waals surface area (Å²) in [6.07, 6.45) is 0. The minimum Gasteiger partial charge on any atom is -0.372 e. The summed E-state index contributed by atoms with van der Waals surface area (Å²) in [7, 11) is 0. The van der Waals surface area contributed by atoms with Gasteiger partial charge in [-0.05, 0) is 24.6 Å². The highest BCUT2D eigenvalue weighted by Gasteiger charge is 2.16. The molecule has 3 heterocycles. The van der Waals surface area contributed by atoms with Crippen LogP contribution in [0.3, 0.4) is 0 Å². The fourth-order valence-corrected chi connectivity index (χ4v) is 3.29. The van der Waals surface area contributed by atoms with Crippen LogP contribution in [0.25, 0.3) is 11.0 Å². The Bertz CT molecular complexity index is 794. The minimum atomic E-state index is 0.557. The van der Waals surface area contributed by atoms with E-state index in [2.05, 4.69) is 43.8 Å². The van der Waals surface area contributed by atoms with Gasteiger partial charge in [-0.3, -0.25) is 0 Å². The second-order valence-electron chi connectivity index (χ2n) is 5.09. The number of nitrogens with one attached hydrogen (secondary N) is 1. The van der Waals surface area contributed by atoms with Crippen molar-refractivity contribution in [3.8, 4) is 0 Å². The van der Waals surface area contributed by atoms with Crippen LogP contribution in [0.2, 0.25) is 0 Å². The number of hydrogen-bond acceptors (Lipinski definition) is 5. The zero-order valence-corrected chi connectivity index (χ0v) is 12.5. The Morgan fingerprint density at radius 3 is 3.29 bits per heavy atom. The van der Waals surface area contributed by atoms with Gasteiger partial charge in [0.2, 0.25) is 0 Å². The van der Waals surface area contributed by atoms with Crippen molar-refractivity contribution in [1.29, 1.82) is 0 Å². The summed E-state index contributed by atoms with van der Waals surface area (Å²) in [5.74, 6) is 2.65. The number of H-pyrrole nitrogens is 1. The Morgan fingerprint density at radius 2 is 2.33 bits per heavy atom. The topological polar surface area (TPSA) is 68.6 Å². The molecule has 0 unspecified atom stereocenters. The molecule has 4 rings (SSSR count). The number of nitrogens with zero attached hydrogens (tertiary/aromatic N) is 4. The fourth-order valence-electron chi connectivity index (χ4n) is 2.46. The maximum atomic E-state index is 5.37. The molecule has 0 saturated carbocycles. The van der Waals surface area contributed by atoms with Crippen LogP contribution in [-0.4, -0.2) is 31.3 Å². The first-order chi connectivity index (χ1) is 10.3. The molecule has 21 heavy (non-hydrogen) atoms. The Morgan fingerprint density at radius 1 is 1.38 bits per heavy atom. The number of hydrogen-bond donors (Lipinski definition) is 1. The van der Waals surface area contributed by atoms with Gasteiger partial charge in [0, 0.05) is 6.54 Å². The molecular formula is C14H15N5OS. The molecule has 0 saturated heterocycles. The lowest BCUT2D eigenvalue weighted by Gasteiger charge is -2.14. The highest BCUT2D eigenvalue weighted by molar-refractivity contribution is 7.98. The molecule has 6 nitrogen and oxygen atoms in total. The summed E-state index contributed by atoms with van der Waals surface area (Å²) >= 11 is 1.65. The van der Waals surface area contributed by atoms with E-state index in [4.69, 9.17) is 4.74 Å². The maximum absolute atomic E-state index is 5.37. The number of imidazole rings is 1. The molecule has 0 atom stereocenters. The molecule has 0 bridgehead atoms. The van der Waals surface area contributed by atoms with Crippen molar-refractivity contribution in [2.24, 2.45) is 0 Å². The Kier molecular flexibility index (Phi) is 3.16. The molecule has 1 N–H and O–H groups in total. The van der Waals surface area contributed by atoms with E-state index in [1.807, 2.05) is 6.07 Å². The van der Waals surface area contributed by atoms with Gasteiger partial charge in [0.1, 0.15) is 12.4 Å². The second kappa shape index (κ2) is 5.16. The summed E-state index contributed by atoms with van der Waals surface area (Å²) in [6, 6.07) is 6.23. The number of ether oxygens (including phenoxy) is 1. The SMILES string of the molecule is Cc1ccc2nc(SCc3nnc4n3CCOC4)[nH]c2c1. The summed E-state index contributed by atoms with van der Waals surface area (Å²) in [5, 5.41) is 9.34. The van der Waals surface area contributed by atoms with Gasteiger partial charge in [-0.15, -0.1) is 10.2 Å². The zero-order chi connectivity index (χ0) is 14.2. The smallest absolute Gasteiger partial charge is 0.166 e. The number of aromatic amines is 1. The van der Waals surface area contributed by atoms with Gasteiger partial charge in [-0.25, -0.2) is 4.98 Å². The molecule has 0 fully saturated rings. The third kappa shape index (κ3) is 2.43. The first-order valence-electron chi connectivity index (χ1n) is 6.87. The molecule has 0 radical (unpaired) electrons. The molecule has 1 aliphatic heterocycles. The van der Waals surface area contributed by atoms with Crippen LogP contribution < -0.4 is 0 Å². The van der Waals surface area contributed by atoms with Crippen LogP contribution in [0.15, 0.2) is 23.4 Å². The average molecular weight is 301 g/mol. The summed E-state index contributed by atoms with van der Waals surface area (Å²) in [6.45, 7) is 4.20. The molecule has 0 spiro atoms. The molecule has 1 aliphatic rings. The van der Waals surface area contributed by atoms with Gasteiger partial charge >= 0.3 is 0 Å². The van der Waals surface area contributed by atoms with Gasteiger partial charge in [0.15, 0.2) is 11.0 Å². The van der Waals surface area contributed by atoms with Crippen molar-refractivity contribution >= 4 is 22.8 Å². The van der Waals surface area contributed by atoms with E-state index >= 15 is 0 Å². The Balaban J connectivity index is 1.54. The monoisotopic (exact) mass is 301 g/mol. The van der Waals surface area contributed by atoms with Crippen molar-refractivity contribution in [3.05, 3.63) is 35.4 Å². The van der Waals surface area contributed by atoms with E-state index in [0.717, 1.165) is 46.7 Å². The minimum absolute atomic E-state index is 0.557. The Hall–Kier alpha value is -1.86. The normalized spacial score (nSPS) is 14.5. The zero-order valence-electron chi connectivity index (χ0n) is 11.7. The van der Waals surface area contributed by atoms with Crippen molar-refractivity contribution in [2.75, 3.05) is 6.61 Å². The molecular weight excluding hydrogens is 286 g/mol. The lowest BCUT2D eigenvalue weighted by molar-refractivity contribution is 0.0808. The number of thioether (sulfide) groups is 1. The fraction of sp³-hybridized carbons (Fsp3) is 0.357. The van der Waals surface area contributed by atoms with Gasteiger partial charge < -0.3 is 14.3 Å². The summed E-state index contributed by atoms with van der Waals surface area (Å²) in [5.41, 5.74) is 3.31. The number of fused-ring (bicyclic) bond motifs is 2. The third-order valence-corrected chi connectivity index (χ3v) is 4.42. The van der Waals surface area contributed by atoms with E-state index in [-0.39, 0.29) is 0 Å². The first kappa shape index (κ1) is 12.8. The number of aryl methyl sites for hydroxylation is 1. The van der Waals surface area contributed by atoms with Crippen LogP contribution >= 0.6 is 11.8 Å². The second-order valence-corrected chi connectivity index (χ2v) is 6.05. The lowest BCUT2D eigenvalue weighted by atomic mass is 10.2. The van der Waals surface area contributed by atoms with E-state index < -0.39 is 0 Å². The van der Waals surface area contributed by atoms with Crippen molar-refractivity contribution in [2.45, 2.75) is 31.0 Å². The standard InChI is InChI=1S/C14H15N5OS/c1-9-2-3-10-11(6-9)16-14(15-10)21-8-13-18-17-12-7-20-5-4-19(12)13/h2-3,6H,4-5,7-8H2,1H3,(H,15,16). The number of aromatic nitrogens is 5. The third-order valence-electron chi connectivity index (χ3n) is 3.55. The first-order valence-corrected chi connectivity index (χ1v) is 7.86. The van der Waals surface area contributed by atoms with E-state index in [1.165, 1.54) is 5.56 Å². The lowest BCUT2D eigenvalue weighted by Crippen LogP contribution is -2.18. The maximum Gasteiger partial charge on any atom is 0.166 e. The van der Waals surface area contributed by atoms with Crippen molar-refractivity contribution in [1.82, 2.24) is 24.7 Å². The molecule has 1 aromatic carbocycles. The van der Waals surface area contributed by atoms with Gasteiger partial charge in [0.25, 0.3) is 0 Å². The van der Waals surface area contributed by atoms with Gasteiger partial charge in [-0.2, -0.15) is 0 Å². The largest absolute Gasteiger partial charge is 0.372 e. The quantitative estimate of drug-likeness (QED) is 0.752. The Labute approximate surface area is 125 Å². The van der Waals surface area contributed by atoms with Crippen molar-refractivity contribution < 1.29 is 4.74 Å². The van der Waals surface area contributed by atoms with Crippen LogP contribution in [0.4, 0.5) is 0 Å². The highest BCUT2D eigenvalue weighted by Crippen LogP contribution is 2.23. The van der Waals surface area contributed by atoms with Gasteiger partial charge in [0.05, 0.1) is 23.4 Å².